The van der Waals surface area contributed by atoms with Gasteiger partial charge in [0, 0.05) is 17.5 Å². The number of hydrogen-bond acceptors (Lipinski definition) is 7. The Morgan fingerprint density at radius 1 is 1.39 bits per heavy atom. The first kappa shape index (κ1) is 19.4. The highest BCUT2D eigenvalue weighted by Crippen LogP contribution is 2.36. The lowest BCUT2D eigenvalue weighted by Gasteiger charge is -2.20. The fraction of sp³-hybridized carbons (Fsp3) is 0.368. The Balaban J connectivity index is 1.60. The van der Waals surface area contributed by atoms with Gasteiger partial charge in [-0.15, -0.1) is 11.3 Å². The van der Waals surface area contributed by atoms with Gasteiger partial charge >= 0.3 is 0 Å². The van der Waals surface area contributed by atoms with Crippen LogP contribution in [-0.2, 0) is 6.54 Å². The number of aromatic nitrogens is 3. The number of rotatable bonds is 5. The molecular weight excluding hydrogens is 414 g/mol. The second-order valence-corrected chi connectivity index (χ2v) is 9.30. The van der Waals surface area contributed by atoms with Crippen LogP contribution in [0.5, 0.6) is 0 Å². The van der Waals surface area contributed by atoms with Gasteiger partial charge in [0.25, 0.3) is 5.91 Å². The van der Waals surface area contributed by atoms with Crippen molar-refractivity contribution in [3.63, 3.8) is 0 Å². The largest absolute Gasteiger partial charge is 0.296 e. The number of thiophene rings is 1. The molecule has 0 bridgehead atoms. The molecule has 1 saturated heterocycles. The van der Waals surface area contributed by atoms with Crippen molar-refractivity contribution in [2.45, 2.75) is 39.3 Å². The molecule has 0 saturated carbocycles. The summed E-state index contributed by atoms with van der Waals surface area (Å²) in [5.41, 5.74) is 2.39. The van der Waals surface area contributed by atoms with Gasteiger partial charge in [0.15, 0.2) is 5.13 Å². The zero-order chi connectivity index (χ0) is 19.7. The van der Waals surface area contributed by atoms with E-state index in [9.17, 15) is 4.79 Å². The first-order chi connectivity index (χ1) is 13.5. The minimum Gasteiger partial charge on any atom is -0.296 e. The van der Waals surface area contributed by atoms with Crippen LogP contribution >= 0.6 is 34.3 Å². The van der Waals surface area contributed by atoms with E-state index in [0.717, 1.165) is 23.7 Å². The summed E-state index contributed by atoms with van der Waals surface area (Å²) in [5, 5.41) is 5.81. The summed E-state index contributed by atoms with van der Waals surface area (Å²) in [7, 11) is 0. The van der Waals surface area contributed by atoms with Crippen molar-refractivity contribution in [2.24, 2.45) is 0 Å². The van der Waals surface area contributed by atoms with Crippen LogP contribution in [0, 0.1) is 6.92 Å². The van der Waals surface area contributed by atoms with Crippen molar-refractivity contribution in [3.8, 4) is 10.6 Å². The lowest BCUT2D eigenvalue weighted by atomic mass is 10.2. The van der Waals surface area contributed by atoms with E-state index in [4.69, 9.17) is 16.6 Å². The zero-order valence-electron chi connectivity index (χ0n) is 15.6. The fourth-order valence-corrected chi connectivity index (χ4v) is 5.34. The molecule has 3 aromatic rings. The molecule has 0 radical (unpaired) electrons. The third-order valence-electron chi connectivity index (χ3n) is 4.77. The second-order valence-electron chi connectivity index (χ2n) is 6.92. The summed E-state index contributed by atoms with van der Waals surface area (Å²) in [6.07, 6.45) is 5.18. The van der Waals surface area contributed by atoms with Crippen molar-refractivity contribution in [1.82, 2.24) is 19.9 Å². The van der Waals surface area contributed by atoms with E-state index in [1.165, 1.54) is 47.0 Å². The van der Waals surface area contributed by atoms with Crippen LogP contribution in [0.4, 0.5) is 5.13 Å². The Labute approximate surface area is 176 Å². The van der Waals surface area contributed by atoms with Crippen LogP contribution in [0.1, 0.15) is 40.7 Å². The van der Waals surface area contributed by atoms with Crippen LogP contribution in [-0.4, -0.2) is 38.3 Å². The van der Waals surface area contributed by atoms with Crippen LogP contribution in [0.15, 0.2) is 23.8 Å². The van der Waals surface area contributed by atoms with Crippen LogP contribution in [0.2, 0.25) is 5.15 Å². The number of carbonyl (C=O) groups is 1. The standard InChI is InChI=1S/C19H20ClN5OS2/c1-11-6-14(27-10-11)17-15(9-25-5-3-4-12(25)2)28-19(23-17)24-18(26)13-7-22-16(20)8-21-13/h6-8,10,12H,3-5,9H2,1-2H3,(H,23,24,26). The van der Waals surface area contributed by atoms with Crippen molar-refractivity contribution in [2.75, 3.05) is 11.9 Å². The molecule has 0 aromatic carbocycles. The quantitative estimate of drug-likeness (QED) is 0.622. The van der Waals surface area contributed by atoms with Crippen LogP contribution < -0.4 is 5.32 Å². The SMILES string of the molecule is Cc1csc(-c2nc(NC(=O)c3cnc(Cl)cn3)sc2CN2CCCC2C)c1. The third kappa shape index (κ3) is 4.25. The minimum absolute atomic E-state index is 0.211. The van der Waals surface area contributed by atoms with E-state index >= 15 is 0 Å². The molecule has 6 nitrogen and oxygen atoms in total. The average Bonchev–Trinajstić information content (AvgIpc) is 3.37. The molecule has 28 heavy (non-hydrogen) atoms. The predicted octanol–water partition coefficient (Wildman–Crippen LogP) is 4.86. The monoisotopic (exact) mass is 433 g/mol. The highest BCUT2D eigenvalue weighted by atomic mass is 35.5. The fourth-order valence-electron chi connectivity index (χ4n) is 3.26. The van der Waals surface area contributed by atoms with Crippen molar-refractivity contribution >= 4 is 45.3 Å². The number of amides is 1. The summed E-state index contributed by atoms with van der Waals surface area (Å²) in [6, 6.07) is 2.72. The third-order valence-corrected chi connectivity index (χ3v) is 6.98. The van der Waals surface area contributed by atoms with Gasteiger partial charge in [-0.05, 0) is 50.2 Å². The van der Waals surface area contributed by atoms with Gasteiger partial charge in [-0.25, -0.2) is 15.0 Å². The van der Waals surface area contributed by atoms with Crippen molar-refractivity contribution in [1.29, 1.82) is 0 Å². The number of hydrogen-bond donors (Lipinski definition) is 1. The molecule has 1 aliphatic rings. The first-order valence-electron chi connectivity index (χ1n) is 9.08. The van der Waals surface area contributed by atoms with E-state index in [2.05, 4.69) is 45.5 Å². The van der Waals surface area contributed by atoms with E-state index in [1.807, 2.05) is 0 Å². The predicted molar refractivity (Wildman–Crippen MR) is 114 cm³/mol. The van der Waals surface area contributed by atoms with E-state index in [1.54, 1.807) is 11.3 Å². The minimum atomic E-state index is -0.340. The van der Waals surface area contributed by atoms with Gasteiger partial charge < -0.3 is 0 Å². The summed E-state index contributed by atoms with van der Waals surface area (Å²) in [6.45, 7) is 6.30. The molecule has 1 unspecified atom stereocenters. The van der Waals surface area contributed by atoms with Gasteiger partial charge in [0.05, 0.1) is 23.0 Å². The summed E-state index contributed by atoms with van der Waals surface area (Å²) >= 11 is 8.95. The molecule has 4 heterocycles. The summed E-state index contributed by atoms with van der Waals surface area (Å²) in [4.78, 5) is 29.9. The molecule has 0 aliphatic carbocycles. The molecule has 1 atom stereocenters. The molecule has 9 heteroatoms. The number of anilines is 1. The topological polar surface area (TPSA) is 71.0 Å². The zero-order valence-corrected chi connectivity index (χ0v) is 18.0. The average molecular weight is 434 g/mol. The number of thiazole rings is 1. The maximum Gasteiger partial charge on any atom is 0.277 e. The molecule has 1 N–H and O–H groups in total. The van der Waals surface area contributed by atoms with Crippen LogP contribution in [0.3, 0.4) is 0 Å². The molecule has 146 valence electrons. The normalized spacial score (nSPS) is 17.2. The Hall–Kier alpha value is -1.87. The smallest absolute Gasteiger partial charge is 0.277 e. The number of nitrogens with one attached hydrogen (secondary N) is 1. The van der Waals surface area contributed by atoms with Crippen molar-refractivity contribution < 1.29 is 4.79 Å². The van der Waals surface area contributed by atoms with Gasteiger partial charge in [-0.1, -0.05) is 22.9 Å². The Bertz CT molecular complexity index is 985. The second kappa shape index (κ2) is 8.24. The number of carbonyl (C=O) groups excluding carboxylic acids is 1. The van der Waals surface area contributed by atoms with Crippen LogP contribution in [0.25, 0.3) is 10.6 Å². The molecule has 1 fully saturated rings. The summed E-state index contributed by atoms with van der Waals surface area (Å²) < 4.78 is 0. The number of halogens is 1. The number of aryl methyl sites for hydroxylation is 1. The van der Waals surface area contributed by atoms with E-state index in [-0.39, 0.29) is 16.8 Å². The lowest BCUT2D eigenvalue weighted by molar-refractivity contribution is 0.102. The highest BCUT2D eigenvalue weighted by Gasteiger charge is 2.24. The molecule has 4 rings (SSSR count). The lowest BCUT2D eigenvalue weighted by Crippen LogP contribution is -2.25. The Morgan fingerprint density at radius 2 is 2.25 bits per heavy atom. The van der Waals surface area contributed by atoms with Crippen molar-refractivity contribution in [3.05, 3.63) is 45.1 Å². The molecule has 1 aliphatic heterocycles. The number of likely N-dealkylation sites (tertiary alicyclic amines) is 1. The summed E-state index contributed by atoms with van der Waals surface area (Å²) in [5.74, 6) is -0.340. The Kier molecular flexibility index (Phi) is 5.73. The number of nitrogens with zero attached hydrogens (tertiary/aromatic N) is 4. The van der Waals surface area contributed by atoms with E-state index < -0.39 is 0 Å². The maximum atomic E-state index is 12.5. The van der Waals surface area contributed by atoms with Gasteiger partial charge in [0.1, 0.15) is 10.8 Å². The van der Waals surface area contributed by atoms with Gasteiger partial charge in [0.2, 0.25) is 0 Å². The highest BCUT2D eigenvalue weighted by molar-refractivity contribution is 7.17. The molecular formula is C19H20ClN5OS2. The molecule has 0 spiro atoms. The first-order valence-corrected chi connectivity index (χ1v) is 11.1. The maximum absolute atomic E-state index is 12.5. The molecule has 1 amide bonds. The Morgan fingerprint density at radius 3 is 2.89 bits per heavy atom. The van der Waals surface area contributed by atoms with Gasteiger partial charge in [-0.3, -0.25) is 15.0 Å². The van der Waals surface area contributed by atoms with Gasteiger partial charge in [-0.2, -0.15) is 0 Å². The molecule has 3 aromatic heterocycles. The van der Waals surface area contributed by atoms with E-state index in [0.29, 0.717) is 11.2 Å².